The first kappa shape index (κ1) is 28.0. The highest BCUT2D eigenvalue weighted by Gasteiger charge is 2.79. The molecule has 5 aliphatic heterocycles. The van der Waals surface area contributed by atoms with Gasteiger partial charge in [-0.2, -0.15) is 8.78 Å². The second kappa shape index (κ2) is 10.7. The number of amides is 1. The van der Waals surface area contributed by atoms with E-state index in [9.17, 15) is 0 Å². The Balaban J connectivity index is 1.45. The number of benzene rings is 1. The summed E-state index contributed by atoms with van der Waals surface area (Å²) in [5.41, 5.74) is -3.35. The SMILES string of the molecule is O=C1N(c2ccccc2)C(c2ncc[nH]2)(N2CCCCC2)C(=O)C1(N1CCCC1)N1CCC(N2CCNCC2)C1(F)F. The van der Waals surface area contributed by atoms with Crippen LogP contribution >= 0.6 is 0 Å². The molecule has 5 aliphatic rings. The minimum absolute atomic E-state index is 0.0492. The predicted octanol–water partition coefficient (Wildman–Crippen LogP) is 2.03. The van der Waals surface area contributed by atoms with Gasteiger partial charge in [0, 0.05) is 77.0 Å². The van der Waals surface area contributed by atoms with E-state index in [1.165, 1.54) is 4.90 Å². The number of nitrogens with zero attached hydrogens (tertiary/aromatic N) is 6. The van der Waals surface area contributed by atoms with Gasteiger partial charge in [-0.05, 0) is 44.2 Å². The third-order valence-corrected chi connectivity index (χ3v) is 10.0. The molecule has 226 valence electrons. The molecule has 6 heterocycles. The largest absolute Gasteiger partial charge is 0.345 e. The smallest absolute Gasteiger partial charge is 0.322 e. The van der Waals surface area contributed by atoms with Gasteiger partial charge in [-0.15, -0.1) is 0 Å². The van der Waals surface area contributed by atoms with E-state index in [2.05, 4.69) is 15.3 Å². The summed E-state index contributed by atoms with van der Waals surface area (Å²) in [6.45, 7) is 4.16. The number of carbonyl (C=O) groups is 2. The number of alkyl halides is 2. The highest BCUT2D eigenvalue weighted by atomic mass is 19.3. The Morgan fingerprint density at radius 2 is 1.45 bits per heavy atom. The fourth-order valence-corrected chi connectivity index (χ4v) is 8.20. The zero-order chi connectivity index (χ0) is 29.0. The standard InChI is InChI=1S/C30H40F2N8O2/c31-30(32)24(36-21-14-33-15-22-36)11-20-39(30)29(38-18-7-8-19-38)25(41)28(26-34-12-13-35-26,37-16-5-2-6-17-37)40(27(29)42)23-9-3-1-4-10-23/h1,3-4,9-10,12-13,24,33H,2,5-8,11,14-22H2,(H,34,35). The molecule has 2 aromatic rings. The maximum atomic E-state index is 17.0. The van der Waals surface area contributed by atoms with E-state index in [1.54, 1.807) is 29.4 Å². The molecule has 42 heavy (non-hydrogen) atoms. The van der Waals surface area contributed by atoms with Crippen LogP contribution in [0.5, 0.6) is 0 Å². The number of aromatic nitrogens is 2. The van der Waals surface area contributed by atoms with Gasteiger partial charge < -0.3 is 10.3 Å². The number of rotatable bonds is 6. The lowest BCUT2D eigenvalue weighted by Crippen LogP contribution is -2.73. The Bertz CT molecular complexity index is 1280. The van der Waals surface area contributed by atoms with Crippen LogP contribution in [-0.4, -0.2) is 118 Å². The molecule has 5 saturated heterocycles. The van der Waals surface area contributed by atoms with Crippen molar-refractivity contribution in [2.45, 2.75) is 61.9 Å². The molecule has 10 nitrogen and oxygen atoms in total. The fraction of sp³-hybridized carbons (Fsp3) is 0.633. The van der Waals surface area contributed by atoms with Crippen LogP contribution in [0, 0.1) is 0 Å². The Morgan fingerprint density at radius 1 is 0.810 bits per heavy atom. The number of anilines is 1. The van der Waals surface area contributed by atoms with Crippen molar-refractivity contribution in [1.29, 1.82) is 0 Å². The number of H-pyrrole nitrogens is 1. The van der Waals surface area contributed by atoms with E-state index in [1.807, 2.05) is 28.0 Å². The highest BCUT2D eigenvalue weighted by molar-refractivity contribution is 6.28. The lowest BCUT2D eigenvalue weighted by atomic mass is 9.91. The van der Waals surface area contributed by atoms with Crippen LogP contribution in [0.4, 0.5) is 14.5 Å². The van der Waals surface area contributed by atoms with Crippen molar-refractivity contribution in [2.24, 2.45) is 0 Å². The van der Waals surface area contributed by atoms with E-state index in [0.29, 0.717) is 63.9 Å². The van der Waals surface area contributed by atoms with Crippen LogP contribution < -0.4 is 10.2 Å². The number of hydrogen-bond acceptors (Lipinski definition) is 8. The molecular formula is C30H40F2N8O2. The third-order valence-electron chi connectivity index (χ3n) is 10.0. The minimum atomic E-state index is -3.39. The van der Waals surface area contributed by atoms with Crippen molar-refractivity contribution < 1.29 is 18.4 Å². The number of aromatic amines is 1. The number of likely N-dealkylation sites (tertiary alicyclic amines) is 3. The fourth-order valence-electron chi connectivity index (χ4n) is 8.20. The molecule has 1 aromatic carbocycles. The predicted molar refractivity (Wildman–Crippen MR) is 153 cm³/mol. The molecule has 0 spiro atoms. The zero-order valence-corrected chi connectivity index (χ0v) is 24.0. The van der Waals surface area contributed by atoms with Crippen molar-refractivity contribution in [3.8, 4) is 0 Å². The molecule has 1 amide bonds. The van der Waals surface area contributed by atoms with E-state index in [4.69, 9.17) is 0 Å². The number of piperidine rings is 1. The third kappa shape index (κ3) is 3.88. The Kier molecular flexibility index (Phi) is 7.17. The molecule has 2 N–H and O–H groups in total. The van der Waals surface area contributed by atoms with Crippen LogP contribution in [0.3, 0.4) is 0 Å². The highest BCUT2D eigenvalue weighted by Crippen LogP contribution is 2.54. The molecule has 0 radical (unpaired) electrons. The number of halogens is 2. The molecule has 5 fully saturated rings. The second-order valence-corrected chi connectivity index (χ2v) is 12.2. The number of carbonyl (C=O) groups excluding carboxylic acids is 2. The monoisotopic (exact) mass is 582 g/mol. The summed E-state index contributed by atoms with van der Waals surface area (Å²) in [5, 5.41) is 3.25. The van der Waals surface area contributed by atoms with Gasteiger partial charge in [0.05, 0.1) is 6.04 Å². The van der Waals surface area contributed by atoms with E-state index >= 15 is 18.4 Å². The second-order valence-electron chi connectivity index (χ2n) is 12.2. The number of Topliss-reactive ketones (excluding diaryl/α,β-unsaturated/α-hetero) is 1. The van der Waals surface area contributed by atoms with Gasteiger partial charge in [0.1, 0.15) is 0 Å². The lowest BCUT2D eigenvalue weighted by molar-refractivity contribution is -0.220. The quantitative estimate of drug-likeness (QED) is 0.395. The van der Waals surface area contributed by atoms with Crippen LogP contribution in [0.25, 0.3) is 0 Å². The van der Waals surface area contributed by atoms with Gasteiger partial charge in [-0.3, -0.25) is 29.2 Å². The zero-order valence-electron chi connectivity index (χ0n) is 24.0. The first-order valence-corrected chi connectivity index (χ1v) is 15.5. The maximum absolute atomic E-state index is 17.0. The van der Waals surface area contributed by atoms with Gasteiger partial charge in [0.25, 0.3) is 5.91 Å². The van der Waals surface area contributed by atoms with Gasteiger partial charge in [-0.25, -0.2) is 9.88 Å². The van der Waals surface area contributed by atoms with Crippen LogP contribution in [0.15, 0.2) is 42.7 Å². The van der Waals surface area contributed by atoms with Crippen molar-refractivity contribution in [3.05, 3.63) is 48.5 Å². The number of nitrogens with one attached hydrogen (secondary N) is 2. The first-order valence-electron chi connectivity index (χ1n) is 15.5. The van der Waals surface area contributed by atoms with Crippen molar-refractivity contribution in [1.82, 2.24) is 34.9 Å². The van der Waals surface area contributed by atoms with Crippen molar-refractivity contribution in [2.75, 3.05) is 63.8 Å². The summed E-state index contributed by atoms with van der Waals surface area (Å²) in [7, 11) is 0. The number of ketones is 1. The van der Waals surface area contributed by atoms with E-state index in [-0.39, 0.29) is 13.0 Å². The Hall–Kier alpha value is -2.77. The van der Waals surface area contributed by atoms with Crippen molar-refractivity contribution >= 4 is 17.4 Å². The summed E-state index contributed by atoms with van der Waals surface area (Å²) in [4.78, 5) is 46.9. The Morgan fingerprint density at radius 3 is 2.10 bits per heavy atom. The van der Waals surface area contributed by atoms with Crippen LogP contribution in [0.2, 0.25) is 0 Å². The van der Waals surface area contributed by atoms with Gasteiger partial charge in [-0.1, -0.05) is 24.6 Å². The molecule has 0 saturated carbocycles. The number of imidazole rings is 1. The first-order chi connectivity index (χ1) is 20.4. The maximum Gasteiger partial charge on any atom is 0.322 e. The van der Waals surface area contributed by atoms with E-state index in [0.717, 1.165) is 37.0 Å². The summed E-state index contributed by atoms with van der Waals surface area (Å²) >= 11 is 0. The normalized spacial score (nSPS) is 33.7. The van der Waals surface area contributed by atoms with Gasteiger partial charge in [0.2, 0.25) is 17.1 Å². The Labute approximate surface area is 245 Å². The summed E-state index contributed by atoms with van der Waals surface area (Å²) < 4.78 is 34.0. The lowest BCUT2D eigenvalue weighted by Gasteiger charge is -2.47. The molecule has 3 unspecified atom stereocenters. The van der Waals surface area contributed by atoms with Gasteiger partial charge >= 0.3 is 6.05 Å². The topological polar surface area (TPSA) is 91.0 Å². The summed E-state index contributed by atoms with van der Waals surface area (Å²) in [6, 6.07) is 4.60. The average molecular weight is 583 g/mol. The molecule has 3 atom stereocenters. The van der Waals surface area contributed by atoms with Crippen LogP contribution in [-0.2, 0) is 15.3 Å². The summed E-state index contributed by atoms with van der Waals surface area (Å²) in [5.74, 6) is -0.847. The van der Waals surface area contributed by atoms with Gasteiger partial charge in [0.15, 0.2) is 5.82 Å². The number of hydrogen-bond donors (Lipinski definition) is 2. The van der Waals surface area contributed by atoms with Crippen LogP contribution in [0.1, 0.15) is 44.3 Å². The molecule has 7 rings (SSSR count). The average Bonchev–Trinajstić information content (AvgIpc) is 3.82. The number of para-hydroxylation sites is 1. The van der Waals surface area contributed by atoms with Crippen molar-refractivity contribution in [3.63, 3.8) is 0 Å². The summed E-state index contributed by atoms with van der Waals surface area (Å²) in [6.07, 6.45) is 7.57. The molecule has 1 aromatic heterocycles. The van der Waals surface area contributed by atoms with E-state index < -0.39 is 35.1 Å². The number of piperazine rings is 1. The molecule has 12 heteroatoms. The minimum Gasteiger partial charge on any atom is -0.345 e. The molecular weight excluding hydrogens is 542 g/mol. The molecule has 0 aliphatic carbocycles. The molecule has 0 bridgehead atoms.